The van der Waals surface area contributed by atoms with E-state index in [4.69, 9.17) is 10.5 Å². The van der Waals surface area contributed by atoms with E-state index in [-0.39, 0.29) is 22.8 Å². The Kier molecular flexibility index (Phi) is 5.06. The van der Waals surface area contributed by atoms with Crippen LogP contribution in [0.5, 0.6) is 0 Å². The molecule has 0 aromatic heterocycles. The lowest BCUT2D eigenvalue weighted by molar-refractivity contribution is 0.125. The average molecular weight is 317 g/mol. The summed E-state index contributed by atoms with van der Waals surface area (Å²) in [7, 11) is -3.21. The SMILES string of the molecule is CCC(C)(C)C1CCC(N)C(S(=O)(=O)C2CCOC2C)C1. The summed E-state index contributed by atoms with van der Waals surface area (Å²) in [6.45, 7) is 9.11. The van der Waals surface area contributed by atoms with Gasteiger partial charge in [-0.3, -0.25) is 0 Å². The summed E-state index contributed by atoms with van der Waals surface area (Å²) >= 11 is 0. The highest BCUT2D eigenvalue weighted by Gasteiger charge is 2.47. The number of nitrogens with two attached hydrogens (primary N) is 1. The van der Waals surface area contributed by atoms with Gasteiger partial charge in [0, 0.05) is 12.6 Å². The Morgan fingerprint density at radius 2 is 1.86 bits per heavy atom. The molecule has 1 aliphatic carbocycles. The van der Waals surface area contributed by atoms with Crippen molar-refractivity contribution in [2.45, 2.75) is 82.4 Å². The number of rotatable bonds is 4. The van der Waals surface area contributed by atoms with Crippen molar-refractivity contribution in [3.8, 4) is 0 Å². The van der Waals surface area contributed by atoms with Crippen LogP contribution in [0.15, 0.2) is 0 Å². The van der Waals surface area contributed by atoms with Crippen LogP contribution in [0.2, 0.25) is 0 Å². The van der Waals surface area contributed by atoms with Gasteiger partial charge in [0.15, 0.2) is 9.84 Å². The summed E-state index contributed by atoms with van der Waals surface area (Å²) < 4.78 is 31.5. The van der Waals surface area contributed by atoms with Crippen LogP contribution in [0.3, 0.4) is 0 Å². The van der Waals surface area contributed by atoms with Crippen molar-refractivity contribution < 1.29 is 13.2 Å². The van der Waals surface area contributed by atoms with E-state index in [1.807, 2.05) is 6.92 Å². The van der Waals surface area contributed by atoms with Gasteiger partial charge in [0.05, 0.1) is 16.6 Å². The van der Waals surface area contributed by atoms with E-state index < -0.39 is 15.1 Å². The highest BCUT2D eigenvalue weighted by molar-refractivity contribution is 7.92. The quantitative estimate of drug-likeness (QED) is 0.865. The van der Waals surface area contributed by atoms with E-state index in [0.717, 1.165) is 19.3 Å². The minimum absolute atomic E-state index is 0.186. The fourth-order valence-electron chi connectivity index (χ4n) is 3.90. The summed E-state index contributed by atoms with van der Waals surface area (Å²) in [5.41, 5.74) is 6.39. The van der Waals surface area contributed by atoms with Crippen LogP contribution in [-0.2, 0) is 14.6 Å². The molecule has 0 radical (unpaired) electrons. The third-order valence-electron chi connectivity index (χ3n) is 6.01. The Hall–Kier alpha value is -0.130. The molecule has 1 saturated carbocycles. The van der Waals surface area contributed by atoms with E-state index >= 15 is 0 Å². The summed E-state index contributed by atoms with van der Waals surface area (Å²) in [6.07, 6.45) is 4.08. The van der Waals surface area contributed by atoms with Gasteiger partial charge in [0.2, 0.25) is 0 Å². The third-order valence-corrected chi connectivity index (χ3v) is 8.86. The molecule has 0 spiro atoms. The predicted molar refractivity (Wildman–Crippen MR) is 85.9 cm³/mol. The zero-order valence-electron chi connectivity index (χ0n) is 13.8. The molecule has 1 heterocycles. The third kappa shape index (κ3) is 3.30. The van der Waals surface area contributed by atoms with Gasteiger partial charge in [-0.05, 0) is 43.9 Å². The smallest absolute Gasteiger partial charge is 0.160 e. The van der Waals surface area contributed by atoms with Crippen molar-refractivity contribution in [2.75, 3.05) is 6.61 Å². The van der Waals surface area contributed by atoms with Gasteiger partial charge in [-0.25, -0.2) is 8.42 Å². The molecule has 5 atom stereocenters. The Morgan fingerprint density at radius 1 is 1.19 bits per heavy atom. The fraction of sp³-hybridized carbons (Fsp3) is 1.00. The molecule has 0 amide bonds. The van der Waals surface area contributed by atoms with Crippen molar-refractivity contribution >= 4 is 9.84 Å². The monoisotopic (exact) mass is 317 g/mol. The summed E-state index contributed by atoms with van der Waals surface area (Å²) in [4.78, 5) is 0. The van der Waals surface area contributed by atoms with Crippen molar-refractivity contribution in [2.24, 2.45) is 17.1 Å². The Balaban J connectivity index is 2.20. The van der Waals surface area contributed by atoms with Crippen LogP contribution in [0.4, 0.5) is 0 Å². The zero-order valence-corrected chi connectivity index (χ0v) is 14.7. The molecule has 0 aromatic carbocycles. The van der Waals surface area contributed by atoms with Gasteiger partial charge in [0.1, 0.15) is 0 Å². The van der Waals surface area contributed by atoms with Gasteiger partial charge in [-0.2, -0.15) is 0 Å². The normalized spacial score (nSPS) is 38.6. The highest BCUT2D eigenvalue weighted by Crippen LogP contribution is 2.43. The molecular formula is C16H31NO3S. The molecule has 2 rings (SSSR count). The molecule has 4 nitrogen and oxygen atoms in total. The maximum atomic E-state index is 13.0. The molecule has 21 heavy (non-hydrogen) atoms. The van der Waals surface area contributed by atoms with Crippen molar-refractivity contribution in [1.82, 2.24) is 0 Å². The first-order valence-electron chi connectivity index (χ1n) is 8.30. The lowest BCUT2D eigenvalue weighted by Gasteiger charge is -2.42. The highest BCUT2D eigenvalue weighted by atomic mass is 32.2. The first-order valence-corrected chi connectivity index (χ1v) is 9.91. The predicted octanol–water partition coefficient (Wildman–Crippen LogP) is 2.51. The van der Waals surface area contributed by atoms with Crippen molar-refractivity contribution in [3.63, 3.8) is 0 Å². The molecule has 0 aromatic rings. The molecule has 124 valence electrons. The second-order valence-electron chi connectivity index (χ2n) is 7.55. The standard InChI is InChI=1S/C16H31NO3S/c1-5-16(3,4)12-6-7-13(17)15(10-12)21(18,19)14-8-9-20-11(14)2/h11-15H,5-10,17H2,1-4H3. The molecule has 0 bridgehead atoms. The second kappa shape index (κ2) is 6.17. The van der Waals surface area contributed by atoms with Gasteiger partial charge >= 0.3 is 0 Å². The first kappa shape index (κ1) is 17.2. The second-order valence-corrected chi connectivity index (χ2v) is 9.94. The van der Waals surface area contributed by atoms with Crippen molar-refractivity contribution in [1.29, 1.82) is 0 Å². The van der Waals surface area contributed by atoms with Gasteiger partial charge in [0.25, 0.3) is 0 Å². The van der Waals surface area contributed by atoms with Crippen LogP contribution in [0.25, 0.3) is 0 Å². The fourth-order valence-corrected chi connectivity index (χ4v) is 6.51. The first-order chi connectivity index (χ1) is 9.70. The molecule has 1 aliphatic heterocycles. The minimum atomic E-state index is -3.21. The number of hydrogen-bond donors (Lipinski definition) is 1. The molecule has 2 fully saturated rings. The van der Waals surface area contributed by atoms with Crippen LogP contribution in [-0.4, -0.2) is 37.7 Å². The maximum absolute atomic E-state index is 13.0. The lowest BCUT2D eigenvalue weighted by Crippen LogP contribution is -2.51. The Morgan fingerprint density at radius 3 is 2.38 bits per heavy atom. The number of ether oxygens (including phenoxy) is 1. The molecule has 2 aliphatic rings. The van der Waals surface area contributed by atoms with Crippen LogP contribution in [0.1, 0.15) is 59.8 Å². The number of sulfone groups is 1. The zero-order chi connectivity index (χ0) is 15.8. The Labute approximate surface area is 129 Å². The topological polar surface area (TPSA) is 69.4 Å². The van der Waals surface area contributed by atoms with E-state index in [0.29, 0.717) is 25.4 Å². The minimum Gasteiger partial charge on any atom is -0.377 e. The maximum Gasteiger partial charge on any atom is 0.160 e. The van der Waals surface area contributed by atoms with Crippen molar-refractivity contribution in [3.05, 3.63) is 0 Å². The summed E-state index contributed by atoms with van der Waals surface area (Å²) in [5.74, 6) is 0.444. The van der Waals surface area contributed by atoms with E-state index in [9.17, 15) is 8.42 Å². The number of hydrogen-bond acceptors (Lipinski definition) is 4. The largest absolute Gasteiger partial charge is 0.377 e. The lowest BCUT2D eigenvalue weighted by atomic mass is 9.69. The van der Waals surface area contributed by atoms with E-state index in [2.05, 4.69) is 20.8 Å². The van der Waals surface area contributed by atoms with Gasteiger partial charge in [-0.1, -0.05) is 27.2 Å². The molecule has 1 saturated heterocycles. The van der Waals surface area contributed by atoms with Gasteiger partial charge < -0.3 is 10.5 Å². The summed E-state index contributed by atoms with van der Waals surface area (Å²) in [6, 6.07) is -0.216. The average Bonchev–Trinajstić information content (AvgIpc) is 2.85. The van der Waals surface area contributed by atoms with E-state index in [1.54, 1.807) is 0 Å². The Bertz CT molecular complexity index is 460. The molecule has 5 heteroatoms. The molecular weight excluding hydrogens is 286 g/mol. The van der Waals surface area contributed by atoms with Gasteiger partial charge in [-0.15, -0.1) is 0 Å². The van der Waals surface area contributed by atoms with Crippen LogP contribution < -0.4 is 5.73 Å². The van der Waals surface area contributed by atoms with Crippen LogP contribution in [0, 0.1) is 11.3 Å². The molecule has 2 N–H and O–H groups in total. The molecule has 5 unspecified atom stereocenters. The van der Waals surface area contributed by atoms with E-state index in [1.165, 1.54) is 0 Å². The summed E-state index contributed by atoms with van der Waals surface area (Å²) in [5, 5.41) is -0.756. The van der Waals surface area contributed by atoms with Crippen LogP contribution >= 0.6 is 0 Å².